The third-order valence-electron chi connectivity index (χ3n) is 5.06. The average molecular weight is 407 g/mol. The van der Waals surface area contributed by atoms with Gasteiger partial charge in [0.2, 0.25) is 5.91 Å². The molecule has 154 valence electrons. The number of hydrogen-bond acceptors (Lipinski definition) is 4. The maximum Gasteiger partial charge on any atom is 0.253 e. The largest absolute Gasteiger partial charge is 0.352 e. The number of nitrogens with zero attached hydrogens (tertiary/aromatic N) is 3. The van der Waals surface area contributed by atoms with Crippen molar-refractivity contribution in [2.75, 3.05) is 36.4 Å². The summed E-state index contributed by atoms with van der Waals surface area (Å²) in [5.74, 6) is 0.356. The first kappa shape index (κ1) is 19.6. The number of halogens is 1. The molecule has 7 nitrogen and oxygen atoms in total. The van der Waals surface area contributed by atoms with Crippen LogP contribution in [0.3, 0.4) is 0 Å². The minimum absolute atomic E-state index is 0.0296. The van der Waals surface area contributed by atoms with Crippen molar-refractivity contribution in [1.82, 2.24) is 15.1 Å². The van der Waals surface area contributed by atoms with Crippen LogP contribution in [0.25, 0.3) is 11.3 Å². The molecule has 0 radical (unpaired) electrons. The maximum absolute atomic E-state index is 13.1. The van der Waals surface area contributed by atoms with Crippen molar-refractivity contribution in [2.45, 2.75) is 6.92 Å². The fourth-order valence-corrected chi connectivity index (χ4v) is 3.47. The normalized spacial score (nSPS) is 13.9. The lowest BCUT2D eigenvalue weighted by Gasteiger charge is -2.34. The molecule has 8 heteroatoms. The summed E-state index contributed by atoms with van der Waals surface area (Å²) in [4.78, 5) is 27.8. The molecule has 0 saturated carbocycles. The van der Waals surface area contributed by atoms with E-state index in [1.165, 1.54) is 19.1 Å². The Morgan fingerprint density at radius 2 is 1.67 bits per heavy atom. The molecule has 0 unspecified atom stereocenters. The number of carbonyl (C=O) groups is 2. The van der Waals surface area contributed by atoms with E-state index in [2.05, 4.69) is 20.4 Å². The number of rotatable bonds is 4. The van der Waals surface area contributed by atoms with Gasteiger partial charge in [-0.15, -0.1) is 0 Å². The Morgan fingerprint density at radius 1 is 1.00 bits per heavy atom. The average Bonchev–Trinajstić information content (AvgIpc) is 3.24. The molecule has 2 N–H and O–H groups in total. The van der Waals surface area contributed by atoms with Gasteiger partial charge in [-0.1, -0.05) is 0 Å². The maximum atomic E-state index is 13.1. The second-order valence-corrected chi connectivity index (χ2v) is 7.18. The molecule has 3 aromatic rings. The molecule has 1 aromatic heterocycles. The minimum atomic E-state index is -0.274. The molecule has 0 aliphatic carbocycles. The summed E-state index contributed by atoms with van der Waals surface area (Å²) >= 11 is 0. The van der Waals surface area contributed by atoms with E-state index < -0.39 is 0 Å². The van der Waals surface area contributed by atoms with Crippen LogP contribution in [0.4, 0.5) is 15.9 Å². The van der Waals surface area contributed by atoms with Crippen molar-refractivity contribution >= 4 is 23.3 Å². The molecular formula is C22H22FN5O2. The van der Waals surface area contributed by atoms with Crippen LogP contribution in [-0.4, -0.2) is 53.1 Å². The number of H-pyrrole nitrogens is 1. The topological polar surface area (TPSA) is 81.3 Å². The first-order chi connectivity index (χ1) is 14.5. The van der Waals surface area contributed by atoms with Gasteiger partial charge in [-0.3, -0.25) is 14.7 Å². The highest BCUT2D eigenvalue weighted by molar-refractivity contribution is 5.95. The Morgan fingerprint density at radius 3 is 2.30 bits per heavy atom. The van der Waals surface area contributed by atoms with E-state index in [9.17, 15) is 14.0 Å². The number of aromatic nitrogens is 2. The number of anilines is 2. The van der Waals surface area contributed by atoms with Crippen LogP contribution in [0.15, 0.2) is 54.6 Å². The molecule has 1 saturated heterocycles. The number of carbonyl (C=O) groups excluding carboxylic acids is 2. The quantitative estimate of drug-likeness (QED) is 0.696. The Labute approximate surface area is 173 Å². The molecule has 0 spiro atoms. The Bertz CT molecular complexity index is 1040. The molecule has 30 heavy (non-hydrogen) atoms. The van der Waals surface area contributed by atoms with Gasteiger partial charge in [0.1, 0.15) is 5.82 Å². The van der Waals surface area contributed by atoms with Crippen molar-refractivity contribution in [3.8, 4) is 11.3 Å². The Hall–Kier alpha value is -3.68. The highest BCUT2D eigenvalue weighted by atomic mass is 19.1. The van der Waals surface area contributed by atoms with Gasteiger partial charge in [0.25, 0.3) is 5.91 Å². The fourth-order valence-electron chi connectivity index (χ4n) is 3.47. The number of amides is 2. The summed E-state index contributed by atoms with van der Waals surface area (Å²) in [6.07, 6.45) is 0. The van der Waals surface area contributed by atoms with Gasteiger partial charge in [0.15, 0.2) is 5.82 Å². The number of benzene rings is 2. The summed E-state index contributed by atoms with van der Waals surface area (Å²) in [5, 5.41) is 10.1. The van der Waals surface area contributed by atoms with Gasteiger partial charge in [-0.2, -0.15) is 5.10 Å². The van der Waals surface area contributed by atoms with E-state index in [-0.39, 0.29) is 17.6 Å². The second-order valence-electron chi connectivity index (χ2n) is 7.18. The van der Waals surface area contributed by atoms with E-state index in [0.717, 1.165) is 17.1 Å². The highest BCUT2D eigenvalue weighted by Crippen LogP contribution is 2.23. The molecule has 2 heterocycles. The van der Waals surface area contributed by atoms with Crippen LogP contribution in [-0.2, 0) is 4.79 Å². The summed E-state index contributed by atoms with van der Waals surface area (Å²) in [5.41, 5.74) is 2.95. The summed E-state index contributed by atoms with van der Waals surface area (Å²) in [7, 11) is 0. The lowest BCUT2D eigenvalue weighted by atomic mass is 10.1. The number of aromatic amines is 1. The molecule has 1 aliphatic heterocycles. The van der Waals surface area contributed by atoms with Crippen molar-refractivity contribution in [1.29, 1.82) is 0 Å². The predicted octanol–water partition coefficient (Wildman–Crippen LogP) is 3.14. The Balaban J connectivity index is 1.36. The first-order valence-corrected chi connectivity index (χ1v) is 9.73. The number of hydrogen-bond donors (Lipinski definition) is 2. The molecule has 2 amide bonds. The van der Waals surface area contributed by atoms with Crippen LogP contribution in [0, 0.1) is 5.82 Å². The van der Waals surface area contributed by atoms with Gasteiger partial charge >= 0.3 is 0 Å². The van der Waals surface area contributed by atoms with Gasteiger partial charge in [0, 0.05) is 50.4 Å². The highest BCUT2D eigenvalue weighted by Gasteiger charge is 2.23. The van der Waals surface area contributed by atoms with Crippen LogP contribution in [0.1, 0.15) is 17.3 Å². The molecule has 4 rings (SSSR count). The van der Waals surface area contributed by atoms with Crippen LogP contribution in [0.5, 0.6) is 0 Å². The van der Waals surface area contributed by atoms with E-state index in [4.69, 9.17) is 0 Å². The monoisotopic (exact) mass is 407 g/mol. The zero-order valence-corrected chi connectivity index (χ0v) is 16.6. The lowest BCUT2D eigenvalue weighted by Crippen LogP contribution is -2.48. The van der Waals surface area contributed by atoms with E-state index in [0.29, 0.717) is 37.4 Å². The molecule has 2 aromatic carbocycles. The van der Waals surface area contributed by atoms with Gasteiger partial charge in [0.05, 0.1) is 5.69 Å². The van der Waals surface area contributed by atoms with Gasteiger partial charge < -0.3 is 15.1 Å². The van der Waals surface area contributed by atoms with E-state index in [1.807, 2.05) is 11.0 Å². The molecule has 1 aliphatic rings. The predicted molar refractivity (Wildman–Crippen MR) is 113 cm³/mol. The van der Waals surface area contributed by atoms with Gasteiger partial charge in [-0.05, 0) is 54.1 Å². The smallest absolute Gasteiger partial charge is 0.253 e. The summed E-state index contributed by atoms with van der Waals surface area (Å²) in [6.45, 7) is 3.96. The van der Waals surface area contributed by atoms with E-state index >= 15 is 0 Å². The standard InChI is InChI=1S/C22H22FN5O2/c1-15(29)24-19-8-4-17(5-9-19)22(30)28-12-10-27(11-13-28)21-14-20(25-26-21)16-2-6-18(23)7-3-16/h2-9,14H,10-13H2,1H3,(H,24,29)(H,25,26). The SMILES string of the molecule is CC(=O)Nc1ccc(C(=O)N2CCN(c3cc(-c4ccc(F)cc4)[nH]n3)CC2)cc1. The minimum Gasteiger partial charge on any atom is -0.352 e. The number of piperazine rings is 1. The fraction of sp³-hybridized carbons (Fsp3) is 0.227. The van der Waals surface area contributed by atoms with Crippen LogP contribution >= 0.6 is 0 Å². The zero-order valence-electron chi connectivity index (χ0n) is 16.6. The van der Waals surface area contributed by atoms with Crippen LogP contribution < -0.4 is 10.2 Å². The number of nitrogens with one attached hydrogen (secondary N) is 2. The summed E-state index contributed by atoms with van der Waals surface area (Å²) in [6, 6.07) is 15.1. The third kappa shape index (κ3) is 4.32. The first-order valence-electron chi connectivity index (χ1n) is 9.73. The lowest BCUT2D eigenvalue weighted by molar-refractivity contribution is -0.114. The zero-order chi connectivity index (χ0) is 21.1. The van der Waals surface area contributed by atoms with Gasteiger partial charge in [-0.25, -0.2) is 4.39 Å². The second kappa shape index (κ2) is 8.36. The van der Waals surface area contributed by atoms with Crippen molar-refractivity contribution < 1.29 is 14.0 Å². The molecule has 1 fully saturated rings. The van der Waals surface area contributed by atoms with E-state index in [1.54, 1.807) is 36.4 Å². The van der Waals surface area contributed by atoms with Crippen molar-refractivity contribution in [3.63, 3.8) is 0 Å². The van der Waals surface area contributed by atoms with Crippen molar-refractivity contribution in [3.05, 3.63) is 66.0 Å². The molecule has 0 atom stereocenters. The molecular weight excluding hydrogens is 385 g/mol. The summed E-state index contributed by atoms with van der Waals surface area (Å²) < 4.78 is 13.1. The molecule has 0 bridgehead atoms. The third-order valence-corrected chi connectivity index (χ3v) is 5.06. The van der Waals surface area contributed by atoms with Crippen molar-refractivity contribution in [2.24, 2.45) is 0 Å². The Kier molecular flexibility index (Phi) is 5.47. The van der Waals surface area contributed by atoms with Crippen LogP contribution in [0.2, 0.25) is 0 Å².